The summed E-state index contributed by atoms with van der Waals surface area (Å²) < 4.78 is 0. The van der Waals surface area contributed by atoms with Gasteiger partial charge in [-0.2, -0.15) is 10.2 Å². The maximum atomic E-state index is 13.0. The van der Waals surface area contributed by atoms with Gasteiger partial charge in [0, 0.05) is 57.6 Å². The van der Waals surface area contributed by atoms with Gasteiger partial charge in [0.1, 0.15) is 0 Å². The molecule has 2 aliphatic heterocycles. The fourth-order valence-electron chi connectivity index (χ4n) is 3.86. The van der Waals surface area contributed by atoms with Crippen LogP contribution in [0.15, 0.2) is 18.5 Å². The van der Waals surface area contributed by atoms with E-state index in [-0.39, 0.29) is 23.9 Å². The standard InChI is InChI=1S/C18H26N6O3/c1-13(2)21-17(27)24-7-6-23(16(26)14-4-5-19-20-9-14)11-18(12-24)8-15(25)22(3)10-18/h4-5,9,13H,6-8,10-12H2,1-3H3,(H,21,27)/t18-/m0/s1. The molecule has 1 aromatic rings. The van der Waals surface area contributed by atoms with Crippen molar-refractivity contribution in [2.24, 2.45) is 5.41 Å². The Labute approximate surface area is 158 Å². The highest BCUT2D eigenvalue weighted by Crippen LogP contribution is 2.34. The minimum absolute atomic E-state index is 0.0187. The molecular formula is C18H26N6O3. The topological polar surface area (TPSA) is 98.7 Å². The predicted molar refractivity (Wildman–Crippen MR) is 97.9 cm³/mol. The number of amides is 4. The zero-order chi connectivity index (χ0) is 19.6. The van der Waals surface area contributed by atoms with Crippen LogP contribution in [0.1, 0.15) is 30.6 Å². The molecule has 146 valence electrons. The van der Waals surface area contributed by atoms with Crippen LogP contribution in [0, 0.1) is 5.41 Å². The number of hydrogen-bond acceptors (Lipinski definition) is 5. The molecule has 4 amide bonds. The van der Waals surface area contributed by atoms with Gasteiger partial charge >= 0.3 is 6.03 Å². The van der Waals surface area contributed by atoms with Gasteiger partial charge in [-0.25, -0.2) is 4.79 Å². The molecule has 0 unspecified atom stereocenters. The molecular weight excluding hydrogens is 348 g/mol. The van der Waals surface area contributed by atoms with Crippen molar-refractivity contribution in [3.05, 3.63) is 24.0 Å². The summed E-state index contributed by atoms with van der Waals surface area (Å²) in [5.41, 5.74) is -0.00911. The summed E-state index contributed by atoms with van der Waals surface area (Å²) in [6.07, 6.45) is 3.25. The predicted octanol–water partition coefficient (Wildman–Crippen LogP) is 0.201. The van der Waals surface area contributed by atoms with Crippen molar-refractivity contribution in [3.8, 4) is 0 Å². The van der Waals surface area contributed by atoms with Crippen LogP contribution in [0.5, 0.6) is 0 Å². The van der Waals surface area contributed by atoms with Crippen LogP contribution in [0.25, 0.3) is 0 Å². The van der Waals surface area contributed by atoms with E-state index in [0.717, 1.165) is 0 Å². The Kier molecular flexibility index (Phi) is 5.29. The second-order valence-electron chi connectivity index (χ2n) is 7.81. The van der Waals surface area contributed by atoms with Gasteiger partial charge in [0.25, 0.3) is 5.91 Å². The average molecular weight is 374 g/mol. The minimum Gasteiger partial charge on any atom is -0.345 e. The van der Waals surface area contributed by atoms with Crippen LogP contribution in [0.2, 0.25) is 0 Å². The number of hydrogen-bond donors (Lipinski definition) is 1. The largest absolute Gasteiger partial charge is 0.345 e. The van der Waals surface area contributed by atoms with Gasteiger partial charge in [0.05, 0.1) is 18.0 Å². The molecule has 1 spiro atoms. The molecule has 9 heteroatoms. The first-order valence-electron chi connectivity index (χ1n) is 9.15. The van der Waals surface area contributed by atoms with Crippen molar-refractivity contribution < 1.29 is 14.4 Å². The number of carbonyl (C=O) groups is 3. The molecule has 1 N–H and O–H groups in total. The van der Waals surface area contributed by atoms with E-state index in [1.807, 2.05) is 13.8 Å². The Balaban J connectivity index is 1.85. The van der Waals surface area contributed by atoms with Crippen molar-refractivity contribution in [1.29, 1.82) is 0 Å². The summed E-state index contributed by atoms with van der Waals surface area (Å²) in [6.45, 7) is 6.04. The molecule has 0 saturated carbocycles. The average Bonchev–Trinajstić information content (AvgIpc) is 2.79. The van der Waals surface area contributed by atoms with Gasteiger partial charge in [-0.3, -0.25) is 9.59 Å². The first-order chi connectivity index (χ1) is 12.8. The maximum Gasteiger partial charge on any atom is 0.317 e. The van der Waals surface area contributed by atoms with Crippen LogP contribution >= 0.6 is 0 Å². The fraction of sp³-hybridized carbons (Fsp3) is 0.611. The number of likely N-dealkylation sites (tertiary alicyclic amines) is 1. The third-order valence-electron chi connectivity index (χ3n) is 5.03. The van der Waals surface area contributed by atoms with E-state index in [2.05, 4.69) is 15.5 Å². The molecule has 3 rings (SSSR count). The molecule has 27 heavy (non-hydrogen) atoms. The second-order valence-corrected chi connectivity index (χ2v) is 7.81. The summed E-state index contributed by atoms with van der Waals surface area (Å²) in [7, 11) is 1.76. The summed E-state index contributed by atoms with van der Waals surface area (Å²) >= 11 is 0. The number of carbonyl (C=O) groups excluding carboxylic acids is 3. The zero-order valence-corrected chi connectivity index (χ0v) is 16.0. The molecule has 0 aliphatic carbocycles. The molecule has 2 fully saturated rings. The lowest BCUT2D eigenvalue weighted by Crippen LogP contribution is -2.49. The van der Waals surface area contributed by atoms with Crippen molar-refractivity contribution in [1.82, 2.24) is 30.2 Å². The smallest absolute Gasteiger partial charge is 0.317 e. The molecule has 0 bridgehead atoms. The van der Waals surface area contributed by atoms with Crippen molar-refractivity contribution >= 4 is 17.8 Å². The van der Waals surface area contributed by atoms with E-state index >= 15 is 0 Å². The Bertz CT molecular complexity index is 725. The normalized spacial score (nSPS) is 23.1. The summed E-state index contributed by atoms with van der Waals surface area (Å²) in [6, 6.07) is 1.48. The van der Waals surface area contributed by atoms with Crippen LogP contribution < -0.4 is 5.32 Å². The number of aromatic nitrogens is 2. The van der Waals surface area contributed by atoms with Crippen molar-refractivity contribution in [2.45, 2.75) is 26.3 Å². The molecule has 2 aliphatic rings. The van der Waals surface area contributed by atoms with Crippen LogP contribution in [0.3, 0.4) is 0 Å². The highest BCUT2D eigenvalue weighted by Gasteiger charge is 2.47. The molecule has 1 atom stereocenters. The first-order valence-corrected chi connectivity index (χ1v) is 9.15. The quantitative estimate of drug-likeness (QED) is 0.797. The molecule has 2 saturated heterocycles. The van der Waals surface area contributed by atoms with Gasteiger partial charge in [0.2, 0.25) is 5.91 Å². The lowest BCUT2D eigenvalue weighted by Gasteiger charge is -2.33. The molecule has 3 heterocycles. The van der Waals surface area contributed by atoms with E-state index in [9.17, 15) is 14.4 Å². The third kappa shape index (κ3) is 4.17. The number of rotatable bonds is 2. The van der Waals surface area contributed by atoms with Gasteiger partial charge in [-0.15, -0.1) is 0 Å². The lowest BCUT2D eigenvalue weighted by molar-refractivity contribution is -0.126. The minimum atomic E-state index is -0.466. The van der Waals surface area contributed by atoms with Gasteiger partial charge in [0.15, 0.2) is 0 Å². The monoisotopic (exact) mass is 374 g/mol. The van der Waals surface area contributed by atoms with E-state index in [1.54, 1.807) is 27.8 Å². The second kappa shape index (κ2) is 7.50. The fourth-order valence-corrected chi connectivity index (χ4v) is 3.86. The number of nitrogens with one attached hydrogen (secondary N) is 1. The van der Waals surface area contributed by atoms with E-state index < -0.39 is 5.41 Å². The Morgan fingerprint density at radius 3 is 2.44 bits per heavy atom. The molecule has 1 aromatic heterocycles. The third-order valence-corrected chi connectivity index (χ3v) is 5.03. The first kappa shape index (κ1) is 19.1. The summed E-state index contributed by atoms with van der Waals surface area (Å²) in [4.78, 5) is 42.9. The van der Waals surface area contributed by atoms with Gasteiger partial charge in [-0.05, 0) is 19.9 Å². The molecule has 0 radical (unpaired) electrons. The van der Waals surface area contributed by atoms with E-state index in [4.69, 9.17) is 0 Å². The Morgan fingerprint density at radius 2 is 1.85 bits per heavy atom. The van der Waals surface area contributed by atoms with E-state index in [0.29, 0.717) is 44.7 Å². The van der Waals surface area contributed by atoms with Crippen molar-refractivity contribution in [3.63, 3.8) is 0 Å². The lowest BCUT2D eigenvalue weighted by atomic mass is 9.86. The Morgan fingerprint density at radius 1 is 1.15 bits per heavy atom. The van der Waals surface area contributed by atoms with Crippen LogP contribution in [0.4, 0.5) is 4.79 Å². The molecule has 9 nitrogen and oxygen atoms in total. The van der Waals surface area contributed by atoms with Gasteiger partial charge in [-0.1, -0.05) is 0 Å². The number of urea groups is 1. The summed E-state index contributed by atoms with van der Waals surface area (Å²) in [5.74, 6) is -0.114. The zero-order valence-electron chi connectivity index (χ0n) is 16.0. The van der Waals surface area contributed by atoms with Crippen molar-refractivity contribution in [2.75, 3.05) is 39.8 Å². The molecule has 0 aromatic carbocycles. The number of nitrogens with zero attached hydrogens (tertiary/aromatic N) is 5. The van der Waals surface area contributed by atoms with Gasteiger partial charge < -0.3 is 20.0 Å². The Hall–Kier alpha value is -2.71. The highest BCUT2D eigenvalue weighted by molar-refractivity contribution is 5.94. The maximum absolute atomic E-state index is 13.0. The summed E-state index contributed by atoms with van der Waals surface area (Å²) in [5, 5.41) is 10.4. The van der Waals surface area contributed by atoms with Crippen LogP contribution in [-0.4, -0.2) is 88.6 Å². The van der Waals surface area contributed by atoms with Crippen LogP contribution in [-0.2, 0) is 4.79 Å². The van der Waals surface area contributed by atoms with E-state index in [1.165, 1.54) is 12.4 Å². The SMILES string of the molecule is CC(C)NC(=O)N1CCN(C(=O)c2ccnnc2)C[C@@]2(CC(=O)N(C)C2)C1. The highest BCUT2D eigenvalue weighted by atomic mass is 16.2.